The maximum absolute atomic E-state index is 12.8. The van der Waals surface area contributed by atoms with Gasteiger partial charge in [0.05, 0.1) is 17.6 Å². The predicted octanol–water partition coefficient (Wildman–Crippen LogP) is 4.71. The van der Waals surface area contributed by atoms with E-state index < -0.39 is 51.6 Å². The Morgan fingerprint density at radius 1 is 1.07 bits per heavy atom. The average Bonchev–Trinajstić information content (AvgIpc) is 2.48. The molecule has 1 amide bonds. The van der Waals surface area contributed by atoms with Gasteiger partial charge in [0.1, 0.15) is 10.3 Å². The molecule has 1 unspecified atom stereocenters. The normalized spacial score (nSPS) is 16.2. The van der Waals surface area contributed by atoms with Crippen molar-refractivity contribution < 1.29 is 27.3 Å². The average molecular weight is 423 g/mol. The van der Waals surface area contributed by atoms with Crippen LogP contribution in [-0.4, -0.2) is 27.0 Å². The van der Waals surface area contributed by atoms with E-state index >= 15 is 0 Å². The van der Waals surface area contributed by atoms with Crippen LogP contribution in [0.15, 0.2) is 24.3 Å². The molecule has 0 aliphatic rings. The van der Waals surface area contributed by atoms with E-state index in [0.717, 1.165) is 12.1 Å². The summed E-state index contributed by atoms with van der Waals surface area (Å²) in [6.07, 6.45) is -5.11. The number of hydrogen-bond donors (Lipinski definition) is 2. The zero-order valence-electron chi connectivity index (χ0n) is 17.2. The zero-order valence-corrected chi connectivity index (χ0v) is 18.0. The highest BCUT2D eigenvalue weighted by atomic mass is 32.2. The molecule has 3 atom stereocenters. The summed E-state index contributed by atoms with van der Waals surface area (Å²) in [7, 11) is 0. The van der Waals surface area contributed by atoms with E-state index in [-0.39, 0.29) is 0 Å². The van der Waals surface area contributed by atoms with E-state index in [2.05, 4.69) is 10.0 Å². The number of benzene rings is 1. The van der Waals surface area contributed by atoms with E-state index in [1.54, 1.807) is 48.5 Å². The van der Waals surface area contributed by atoms with Crippen molar-refractivity contribution in [2.24, 2.45) is 0 Å². The number of amides is 1. The lowest BCUT2D eigenvalue weighted by molar-refractivity contribution is -0.137. The highest BCUT2D eigenvalue weighted by molar-refractivity contribution is 7.90. The molecule has 5 nitrogen and oxygen atoms in total. The quantitative estimate of drug-likeness (QED) is 0.674. The monoisotopic (exact) mass is 422 g/mol. The second-order valence-electron chi connectivity index (χ2n) is 8.53. The van der Waals surface area contributed by atoms with Gasteiger partial charge in [-0.15, -0.1) is 4.72 Å². The van der Waals surface area contributed by atoms with E-state index in [9.17, 15) is 22.5 Å². The molecule has 0 aliphatic carbocycles. The Bertz CT molecular complexity index is 652. The first-order valence-electron chi connectivity index (χ1n) is 8.85. The number of carbonyl (C=O) groups excluding carboxylic acids is 1. The molecule has 28 heavy (non-hydrogen) atoms. The smallest absolute Gasteiger partial charge is 0.416 e. The van der Waals surface area contributed by atoms with E-state index in [4.69, 9.17) is 4.74 Å². The molecule has 1 aromatic rings. The number of carbonyl (C=O) groups is 1. The van der Waals surface area contributed by atoms with Crippen molar-refractivity contribution in [2.45, 2.75) is 77.1 Å². The first kappa shape index (κ1) is 24.6. The molecule has 0 bridgehead atoms. The topological polar surface area (TPSA) is 73.4 Å². The van der Waals surface area contributed by atoms with Gasteiger partial charge in [-0.25, -0.2) is 4.79 Å². The van der Waals surface area contributed by atoms with Crippen LogP contribution < -0.4 is 10.0 Å². The van der Waals surface area contributed by atoms with Crippen LogP contribution in [0.25, 0.3) is 0 Å². The number of alkyl halides is 3. The van der Waals surface area contributed by atoms with Crippen molar-refractivity contribution in [1.29, 1.82) is 0 Å². The molecule has 0 saturated carbocycles. The van der Waals surface area contributed by atoms with Gasteiger partial charge in [-0.2, -0.15) is 13.2 Å². The first-order valence-corrected chi connectivity index (χ1v) is 10.0. The van der Waals surface area contributed by atoms with Gasteiger partial charge in [0, 0.05) is 11.4 Å². The third-order valence-electron chi connectivity index (χ3n) is 3.63. The van der Waals surface area contributed by atoms with E-state index in [1.165, 1.54) is 12.1 Å². The third-order valence-corrected chi connectivity index (χ3v) is 5.21. The molecule has 1 aromatic carbocycles. The van der Waals surface area contributed by atoms with Gasteiger partial charge in [0.25, 0.3) is 0 Å². The summed E-state index contributed by atoms with van der Waals surface area (Å²) in [6, 6.07) is 3.27. The summed E-state index contributed by atoms with van der Waals surface area (Å²) in [5, 5.41) is 2.66. The zero-order chi connectivity index (χ0) is 21.9. The van der Waals surface area contributed by atoms with Gasteiger partial charge < -0.3 is 14.6 Å². The lowest BCUT2D eigenvalue weighted by Gasteiger charge is -2.32. The van der Waals surface area contributed by atoms with Crippen LogP contribution in [0, 0.1) is 0 Å². The Labute approximate surface area is 167 Å². The van der Waals surface area contributed by atoms with Gasteiger partial charge in [0.15, 0.2) is 0 Å². The third kappa shape index (κ3) is 7.89. The van der Waals surface area contributed by atoms with Crippen LogP contribution in [0.3, 0.4) is 0 Å². The van der Waals surface area contributed by atoms with Crippen molar-refractivity contribution in [3.05, 3.63) is 35.4 Å². The molecule has 160 valence electrons. The molecule has 0 radical (unpaired) electrons. The molecule has 2 N–H and O–H groups in total. The number of alkyl carbamates (subject to hydrolysis) is 1. The fourth-order valence-electron chi connectivity index (χ4n) is 2.21. The van der Waals surface area contributed by atoms with E-state index in [1.807, 2.05) is 0 Å². The minimum atomic E-state index is -4.45. The Balaban J connectivity index is 3.09. The Hall–Kier alpha value is -1.45. The molecular formula is C19H29F3N2O3S. The van der Waals surface area contributed by atoms with Gasteiger partial charge in [-0.1, -0.05) is 12.1 Å². The maximum Gasteiger partial charge on any atom is 0.416 e. The number of ether oxygens (including phenoxy) is 1. The fourth-order valence-corrected chi connectivity index (χ4v) is 3.13. The Kier molecular flexibility index (Phi) is 7.83. The van der Waals surface area contributed by atoms with Crippen molar-refractivity contribution in [3.63, 3.8) is 0 Å². The highest BCUT2D eigenvalue weighted by Crippen LogP contribution is 2.31. The van der Waals surface area contributed by atoms with Gasteiger partial charge in [-0.05, 0) is 66.2 Å². The molecular weight excluding hydrogens is 393 g/mol. The number of rotatable bonds is 5. The Morgan fingerprint density at radius 3 is 1.96 bits per heavy atom. The van der Waals surface area contributed by atoms with Gasteiger partial charge in [-0.3, -0.25) is 0 Å². The van der Waals surface area contributed by atoms with Crippen LogP contribution in [0.4, 0.5) is 18.0 Å². The fraction of sp³-hybridized carbons (Fsp3) is 0.632. The summed E-state index contributed by atoms with van der Waals surface area (Å²) < 4.78 is 58.6. The van der Waals surface area contributed by atoms with Crippen molar-refractivity contribution in [1.82, 2.24) is 10.0 Å². The van der Waals surface area contributed by atoms with Crippen LogP contribution in [0.1, 0.15) is 65.6 Å². The molecule has 0 aromatic heterocycles. The minimum absolute atomic E-state index is 0.467. The van der Waals surface area contributed by atoms with Gasteiger partial charge >= 0.3 is 12.3 Å². The van der Waals surface area contributed by atoms with Crippen molar-refractivity contribution in [3.8, 4) is 0 Å². The van der Waals surface area contributed by atoms with Crippen molar-refractivity contribution in [2.75, 3.05) is 0 Å². The van der Waals surface area contributed by atoms with Crippen LogP contribution in [-0.2, 0) is 22.3 Å². The Morgan fingerprint density at radius 2 is 1.57 bits per heavy atom. The molecule has 1 rings (SSSR count). The molecule has 0 aliphatic heterocycles. The summed E-state index contributed by atoms with van der Waals surface area (Å²) in [4.78, 5) is 12.1. The maximum atomic E-state index is 12.8. The lowest BCUT2D eigenvalue weighted by atomic mass is 10.00. The van der Waals surface area contributed by atoms with E-state index in [0.29, 0.717) is 5.56 Å². The summed E-state index contributed by atoms with van der Waals surface area (Å²) >= 11 is -1.51. The van der Waals surface area contributed by atoms with Crippen LogP contribution in [0.5, 0.6) is 0 Å². The predicted molar refractivity (Wildman–Crippen MR) is 104 cm³/mol. The van der Waals surface area contributed by atoms with Crippen LogP contribution in [0.2, 0.25) is 0 Å². The minimum Gasteiger partial charge on any atom is -0.598 e. The lowest BCUT2D eigenvalue weighted by Crippen LogP contribution is -2.49. The molecule has 0 heterocycles. The van der Waals surface area contributed by atoms with Gasteiger partial charge in [0.2, 0.25) is 0 Å². The number of nitrogens with one attached hydrogen (secondary N) is 2. The molecule has 0 saturated heterocycles. The molecule has 0 spiro atoms. The molecule has 9 heteroatoms. The van der Waals surface area contributed by atoms with Crippen LogP contribution >= 0.6 is 0 Å². The molecule has 0 fully saturated rings. The second kappa shape index (κ2) is 8.92. The summed E-state index contributed by atoms with van der Waals surface area (Å²) in [5.74, 6) is 0. The van der Waals surface area contributed by atoms with Crippen molar-refractivity contribution >= 4 is 17.5 Å². The second-order valence-corrected chi connectivity index (χ2v) is 10.5. The largest absolute Gasteiger partial charge is 0.598 e. The number of halogens is 3. The SMILES string of the molecule is C[C@H](NC(=O)OC(C)(C)C)[C@H](N[S+]([O-])C(C)(C)C)c1ccc(C(F)(F)F)cc1. The highest BCUT2D eigenvalue weighted by Gasteiger charge is 2.34. The summed E-state index contributed by atoms with van der Waals surface area (Å²) in [5.41, 5.74) is -1.01. The standard InChI is InChI=1S/C19H29F3N2O3S/c1-12(23-16(25)27-17(2,3)4)15(24-28(26)18(5,6)7)13-8-10-14(11-9-13)19(20,21)22/h8-12,15,24H,1-7H3,(H,23,25)/t12-,15-,28?/m0/s1. The summed E-state index contributed by atoms with van der Waals surface area (Å²) in [6.45, 7) is 12.1. The first-order chi connectivity index (χ1) is 12.5. The number of hydrogen-bond acceptors (Lipinski definition) is 4.